The molecule has 0 aliphatic carbocycles. The van der Waals surface area contributed by atoms with Gasteiger partial charge >= 0.3 is 0 Å². The first-order chi connectivity index (χ1) is 15.1. The van der Waals surface area contributed by atoms with Crippen LogP contribution in [0.5, 0.6) is 5.75 Å². The smallest absolute Gasteiger partial charge is 0.256 e. The third-order valence-electron chi connectivity index (χ3n) is 4.96. The molecule has 3 aromatic carbocycles. The van der Waals surface area contributed by atoms with Crippen molar-refractivity contribution in [3.8, 4) is 17.0 Å². The van der Waals surface area contributed by atoms with Crippen molar-refractivity contribution in [1.29, 1.82) is 0 Å². The van der Waals surface area contributed by atoms with Crippen LogP contribution in [0.2, 0.25) is 0 Å². The zero-order chi connectivity index (χ0) is 21.8. The largest absolute Gasteiger partial charge is 0.497 e. The number of amides is 2. The maximum Gasteiger partial charge on any atom is 0.256 e. The highest BCUT2D eigenvalue weighted by atomic mass is 16.5. The molecule has 0 aliphatic rings. The molecule has 32 heavy (non-hydrogen) atoms. The molecule has 0 fully saturated rings. The lowest BCUT2D eigenvalue weighted by atomic mass is 10.0. The van der Waals surface area contributed by atoms with Crippen molar-refractivity contribution in [3.05, 3.63) is 90.0 Å². The van der Waals surface area contributed by atoms with Crippen LogP contribution in [-0.2, 0) is 0 Å². The van der Waals surface area contributed by atoms with E-state index in [-0.39, 0.29) is 19.2 Å². The SMILES string of the molecule is C.CNC(=O)c1cccc(NC(=O)c2cc(-c3ccc(OC)cc3)nc3ccccc23)c1. The van der Waals surface area contributed by atoms with E-state index in [1.807, 2.05) is 48.5 Å². The molecule has 0 saturated carbocycles. The third-order valence-corrected chi connectivity index (χ3v) is 4.96. The second-order valence-electron chi connectivity index (χ2n) is 6.91. The minimum Gasteiger partial charge on any atom is -0.497 e. The lowest BCUT2D eigenvalue weighted by Gasteiger charge is -2.11. The number of carbonyl (C=O) groups is 2. The minimum absolute atomic E-state index is 0. The quantitative estimate of drug-likeness (QED) is 0.461. The molecule has 0 radical (unpaired) electrons. The summed E-state index contributed by atoms with van der Waals surface area (Å²) in [5.74, 6) is 0.258. The lowest BCUT2D eigenvalue weighted by Crippen LogP contribution is -2.18. The van der Waals surface area contributed by atoms with Gasteiger partial charge in [-0.15, -0.1) is 0 Å². The van der Waals surface area contributed by atoms with E-state index in [4.69, 9.17) is 9.72 Å². The Morgan fingerprint density at radius 3 is 2.34 bits per heavy atom. The van der Waals surface area contributed by atoms with Crippen molar-refractivity contribution in [2.24, 2.45) is 0 Å². The normalized spacial score (nSPS) is 10.2. The first kappa shape index (κ1) is 22.5. The van der Waals surface area contributed by atoms with E-state index in [2.05, 4.69) is 10.6 Å². The molecule has 1 aromatic heterocycles. The monoisotopic (exact) mass is 427 g/mol. The van der Waals surface area contributed by atoms with E-state index in [0.29, 0.717) is 22.5 Å². The number of ether oxygens (including phenoxy) is 1. The molecule has 0 atom stereocenters. The van der Waals surface area contributed by atoms with Crippen LogP contribution >= 0.6 is 0 Å². The molecule has 0 saturated heterocycles. The van der Waals surface area contributed by atoms with Gasteiger partial charge in [0, 0.05) is 29.2 Å². The van der Waals surface area contributed by atoms with Gasteiger partial charge < -0.3 is 15.4 Å². The fraction of sp³-hybridized carbons (Fsp3) is 0.115. The fourth-order valence-electron chi connectivity index (χ4n) is 3.35. The summed E-state index contributed by atoms with van der Waals surface area (Å²) in [4.78, 5) is 29.8. The van der Waals surface area contributed by atoms with Crippen molar-refractivity contribution in [2.45, 2.75) is 7.43 Å². The van der Waals surface area contributed by atoms with Crippen LogP contribution in [-0.4, -0.2) is 31.0 Å². The van der Waals surface area contributed by atoms with E-state index in [1.165, 1.54) is 0 Å². The first-order valence-corrected chi connectivity index (χ1v) is 9.77. The zero-order valence-corrected chi connectivity index (χ0v) is 17.2. The topological polar surface area (TPSA) is 80.3 Å². The molecule has 2 amide bonds. The van der Waals surface area contributed by atoms with Gasteiger partial charge in [-0.3, -0.25) is 9.59 Å². The number of anilines is 1. The van der Waals surface area contributed by atoms with Crippen molar-refractivity contribution in [3.63, 3.8) is 0 Å². The summed E-state index contributed by atoms with van der Waals surface area (Å²) in [6.45, 7) is 0. The van der Waals surface area contributed by atoms with E-state index in [9.17, 15) is 9.59 Å². The predicted molar refractivity (Wildman–Crippen MR) is 128 cm³/mol. The summed E-state index contributed by atoms with van der Waals surface area (Å²) in [5.41, 5.74) is 3.80. The average molecular weight is 428 g/mol. The Hall–Kier alpha value is -4.19. The third kappa shape index (κ3) is 4.59. The fourth-order valence-corrected chi connectivity index (χ4v) is 3.35. The number of aromatic nitrogens is 1. The molecule has 6 nitrogen and oxygen atoms in total. The van der Waals surface area contributed by atoms with Crippen LogP contribution in [0.1, 0.15) is 28.1 Å². The van der Waals surface area contributed by atoms with Gasteiger partial charge in [0.1, 0.15) is 5.75 Å². The van der Waals surface area contributed by atoms with Crippen molar-refractivity contribution in [2.75, 3.05) is 19.5 Å². The van der Waals surface area contributed by atoms with Crippen LogP contribution in [0.25, 0.3) is 22.2 Å². The molecule has 2 N–H and O–H groups in total. The Morgan fingerprint density at radius 1 is 0.875 bits per heavy atom. The molecular weight excluding hydrogens is 402 g/mol. The molecule has 6 heteroatoms. The highest BCUT2D eigenvalue weighted by Crippen LogP contribution is 2.27. The summed E-state index contributed by atoms with van der Waals surface area (Å²) in [6, 6.07) is 23.6. The molecule has 4 rings (SSSR count). The second kappa shape index (κ2) is 9.75. The number of benzene rings is 3. The zero-order valence-electron chi connectivity index (χ0n) is 17.2. The molecule has 0 spiro atoms. The Balaban J connectivity index is 0.00000289. The highest BCUT2D eigenvalue weighted by Gasteiger charge is 2.15. The van der Waals surface area contributed by atoms with Crippen LogP contribution in [0.15, 0.2) is 78.9 Å². The molecule has 0 bridgehead atoms. The standard InChI is InChI=1S/C25H21N3O3.CH4/c1-26-24(29)17-6-5-7-18(14-17)27-25(30)21-15-23(16-10-12-19(31-2)13-11-16)28-22-9-4-3-8-20(21)22;/h3-15H,1-2H3,(H,26,29)(H,27,30);1H4. The number of hydrogen-bond donors (Lipinski definition) is 2. The summed E-state index contributed by atoms with van der Waals surface area (Å²) >= 11 is 0. The van der Waals surface area contributed by atoms with Gasteiger partial charge in [-0.2, -0.15) is 0 Å². The van der Waals surface area contributed by atoms with Crippen molar-refractivity contribution >= 4 is 28.4 Å². The Bertz CT molecular complexity index is 1270. The van der Waals surface area contributed by atoms with Gasteiger partial charge in [0.2, 0.25) is 0 Å². The Morgan fingerprint density at radius 2 is 1.62 bits per heavy atom. The number of carbonyl (C=O) groups excluding carboxylic acids is 2. The molecule has 1 heterocycles. The van der Waals surface area contributed by atoms with E-state index in [0.717, 1.165) is 22.2 Å². The predicted octanol–water partition coefficient (Wildman–Crippen LogP) is 5.16. The van der Waals surface area contributed by atoms with E-state index >= 15 is 0 Å². The highest BCUT2D eigenvalue weighted by molar-refractivity contribution is 6.13. The van der Waals surface area contributed by atoms with Crippen molar-refractivity contribution in [1.82, 2.24) is 10.3 Å². The number of fused-ring (bicyclic) bond motifs is 1. The van der Waals surface area contributed by atoms with E-state index in [1.54, 1.807) is 44.5 Å². The van der Waals surface area contributed by atoms with Gasteiger partial charge in [0.05, 0.1) is 23.9 Å². The summed E-state index contributed by atoms with van der Waals surface area (Å²) in [5, 5.41) is 6.23. The Kier molecular flexibility index (Phi) is 6.85. The summed E-state index contributed by atoms with van der Waals surface area (Å²) in [6.07, 6.45) is 0. The van der Waals surface area contributed by atoms with E-state index < -0.39 is 0 Å². The van der Waals surface area contributed by atoms with Crippen LogP contribution in [0.3, 0.4) is 0 Å². The number of hydrogen-bond acceptors (Lipinski definition) is 4. The lowest BCUT2D eigenvalue weighted by molar-refractivity contribution is 0.0961. The Labute approximate surface area is 187 Å². The second-order valence-corrected chi connectivity index (χ2v) is 6.91. The molecule has 162 valence electrons. The number of methoxy groups -OCH3 is 1. The number of pyridine rings is 1. The molecular formula is C26H25N3O3. The number of nitrogens with one attached hydrogen (secondary N) is 2. The molecule has 0 unspecified atom stereocenters. The number of para-hydroxylation sites is 1. The molecule has 4 aromatic rings. The number of nitrogens with zero attached hydrogens (tertiary/aromatic N) is 1. The summed E-state index contributed by atoms with van der Waals surface area (Å²) in [7, 11) is 3.18. The minimum atomic E-state index is -0.276. The molecule has 0 aliphatic heterocycles. The van der Waals surface area contributed by atoms with Crippen LogP contribution in [0.4, 0.5) is 5.69 Å². The van der Waals surface area contributed by atoms with Crippen molar-refractivity contribution < 1.29 is 14.3 Å². The van der Waals surface area contributed by atoms with Crippen LogP contribution in [0, 0.1) is 0 Å². The maximum absolute atomic E-state index is 13.2. The maximum atomic E-state index is 13.2. The first-order valence-electron chi connectivity index (χ1n) is 9.77. The summed E-state index contributed by atoms with van der Waals surface area (Å²) < 4.78 is 5.23. The van der Waals surface area contributed by atoms with Gasteiger partial charge in [-0.25, -0.2) is 4.98 Å². The number of rotatable bonds is 5. The van der Waals surface area contributed by atoms with Crippen LogP contribution < -0.4 is 15.4 Å². The van der Waals surface area contributed by atoms with Gasteiger partial charge in [0.15, 0.2) is 0 Å². The van der Waals surface area contributed by atoms with Gasteiger partial charge in [-0.1, -0.05) is 31.7 Å². The average Bonchev–Trinajstić information content (AvgIpc) is 2.83. The van der Waals surface area contributed by atoms with Gasteiger partial charge in [-0.05, 0) is 54.6 Å². The van der Waals surface area contributed by atoms with Gasteiger partial charge in [0.25, 0.3) is 11.8 Å².